The summed E-state index contributed by atoms with van der Waals surface area (Å²) in [5, 5.41) is 5.21. The van der Waals surface area contributed by atoms with E-state index in [-0.39, 0.29) is 11.7 Å². The van der Waals surface area contributed by atoms with Crippen LogP contribution in [0.5, 0.6) is 0 Å². The fraction of sp³-hybridized carbons (Fsp3) is 0.176. The second-order valence-electron chi connectivity index (χ2n) is 4.92. The Morgan fingerprint density at radius 2 is 2.17 bits per heavy atom. The fourth-order valence-electron chi connectivity index (χ4n) is 2.02. The average molecular weight is 362 g/mol. The second kappa shape index (κ2) is 8.12. The summed E-state index contributed by atoms with van der Waals surface area (Å²) >= 11 is 2.94. The third-order valence-corrected chi connectivity index (χ3v) is 5.08. The second-order valence-corrected chi connectivity index (χ2v) is 6.88. The van der Waals surface area contributed by atoms with Crippen molar-refractivity contribution >= 4 is 29.0 Å². The Bertz CT molecular complexity index is 803. The van der Waals surface area contributed by atoms with Crippen molar-refractivity contribution in [3.05, 3.63) is 65.1 Å². The van der Waals surface area contributed by atoms with Crippen molar-refractivity contribution < 1.29 is 13.6 Å². The molecule has 0 aliphatic heterocycles. The quantitative estimate of drug-likeness (QED) is 0.640. The standard InChI is InChI=1S/C17H15FN2O2S2/c18-13-5-2-1-4-12(13)10-23-9-7-19-16(21)14-11-24-17(20-14)15-6-3-8-22-15/h1-6,8,11H,7,9-10H2,(H,19,21). The first-order valence-electron chi connectivity index (χ1n) is 7.33. The molecule has 1 aromatic carbocycles. The number of thioether (sulfide) groups is 1. The largest absolute Gasteiger partial charge is 0.462 e. The van der Waals surface area contributed by atoms with Gasteiger partial charge in [0.05, 0.1) is 6.26 Å². The number of amides is 1. The van der Waals surface area contributed by atoms with E-state index in [1.165, 1.54) is 17.4 Å². The summed E-state index contributed by atoms with van der Waals surface area (Å²) in [4.78, 5) is 16.3. The van der Waals surface area contributed by atoms with Crippen LogP contribution in [0.1, 0.15) is 16.1 Å². The van der Waals surface area contributed by atoms with E-state index in [1.54, 1.807) is 47.7 Å². The van der Waals surface area contributed by atoms with Crippen LogP contribution in [0.3, 0.4) is 0 Å². The first-order valence-corrected chi connectivity index (χ1v) is 9.36. The smallest absolute Gasteiger partial charge is 0.270 e. The molecule has 0 radical (unpaired) electrons. The summed E-state index contributed by atoms with van der Waals surface area (Å²) in [6, 6.07) is 10.3. The SMILES string of the molecule is O=C(NCCSCc1ccccc1F)c1csc(-c2ccco2)n1. The van der Waals surface area contributed by atoms with Gasteiger partial charge >= 0.3 is 0 Å². The molecule has 0 saturated carbocycles. The lowest BCUT2D eigenvalue weighted by Gasteiger charge is -2.04. The van der Waals surface area contributed by atoms with Gasteiger partial charge in [-0.05, 0) is 23.8 Å². The Kier molecular flexibility index (Phi) is 5.66. The molecule has 0 bridgehead atoms. The van der Waals surface area contributed by atoms with Crippen molar-refractivity contribution in [2.24, 2.45) is 0 Å². The van der Waals surface area contributed by atoms with Crippen LogP contribution in [0.4, 0.5) is 4.39 Å². The number of hydrogen-bond acceptors (Lipinski definition) is 5. The average Bonchev–Trinajstić information content (AvgIpc) is 3.27. The molecule has 1 N–H and O–H groups in total. The molecule has 3 rings (SSSR count). The van der Waals surface area contributed by atoms with Crippen LogP contribution in [-0.2, 0) is 5.75 Å². The minimum absolute atomic E-state index is 0.193. The monoisotopic (exact) mass is 362 g/mol. The zero-order valence-electron chi connectivity index (χ0n) is 12.7. The lowest BCUT2D eigenvalue weighted by molar-refractivity contribution is 0.0952. The number of carbonyl (C=O) groups is 1. The van der Waals surface area contributed by atoms with Crippen LogP contribution in [-0.4, -0.2) is 23.2 Å². The van der Waals surface area contributed by atoms with Crippen molar-refractivity contribution in [1.82, 2.24) is 10.3 Å². The number of thiazole rings is 1. The molecular weight excluding hydrogens is 347 g/mol. The third-order valence-electron chi connectivity index (χ3n) is 3.22. The molecule has 0 aliphatic rings. The maximum absolute atomic E-state index is 13.5. The number of nitrogens with zero attached hydrogens (tertiary/aromatic N) is 1. The van der Waals surface area contributed by atoms with Gasteiger partial charge in [0.15, 0.2) is 10.8 Å². The van der Waals surface area contributed by atoms with E-state index < -0.39 is 0 Å². The summed E-state index contributed by atoms with van der Waals surface area (Å²) in [7, 11) is 0. The molecule has 24 heavy (non-hydrogen) atoms. The Balaban J connectivity index is 1.42. The van der Waals surface area contributed by atoms with Gasteiger partial charge in [0.25, 0.3) is 5.91 Å². The summed E-state index contributed by atoms with van der Waals surface area (Å²) < 4.78 is 18.7. The Morgan fingerprint density at radius 3 is 2.96 bits per heavy atom. The molecule has 0 spiro atoms. The van der Waals surface area contributed by atoms with Gasteiger partial charge in [0, 0.05) is 23.4 Å². The van der Waals surface area contributed by atoms with Gasteiger partial charge in [-0.3, -0.25) is 4.79 Å². The highest BCUT2D eigenvalue weighted by Crippen LogP contribution is 2.23. The molecule has 2 heterocycles. The predicted octanol–water partition coefficient (Wildman–Crippen LogP) is 4.21. The maximum atomic E-state index is 13.5. The lowest BCUT2D eigenvalue weighted by atomic mass is 10.2. The van der Waals surface area contributed by atoms with Gasteiger partial charge in [-0.15, -0.1) is 11.3 Å². The molecule has 1 amide bonds. The minimum atomic E-state index is -0.212. The fourth-order valence-corrected chi connectivity index (χ4v) is 3.63. The van der Waals surface area contributed by atoms with Crippen molar-refractivity contribution in [1.29, 1.82) is 0 Å². The Hall–Kier alpha value is -2.12. The molecule has 2 aromatic heterocycles. The molecule has 3 aromatic rings. The topological polar surface area (TPSA) is 55.1 Å². The van der Waals surface area contributed by atoms with Gasteiger partial charge in [-0.1, -0.05) is 18.2 Å². The van der Waals surface area contributed by atoms with Crippen LogP contribution in [0, 0.1) is 5.82 Å². The maximum Gasteiger partial charge on any atom is 0.270 e. The van der Waals surface area contributed by atoms with Crippen LogP contribution in [0.25, 0.3) is 10.8 Å². The number of halogens is 1. The van der Waals surface area contributed by atoms with Gasteiger partial charge in [0.2, 0.25) is 0 Å². The van der Waals surface area contributed by atoms with E-state index in [1.807, 2.05) is 6.07 Å². The van der Waals surface area contributed by atoms with Crippen molar-refractivity contribution in [2.45, 2.75) is 5.75 Å². The number of furan rings is 1. The van der Waals surface area contributed by atoms with Crippen LogP contribution >= 0.6 is 23.1 Å². The normalized spacial score (nSPS) is 10.7. The third kappa shape index (κ3) is 4.24. The highest BCUT2D eigenvalue weighted by Gasteiger charge is 2.12. The van der Waals surface area contributed by atoms with Crippen LogP contribution < -0.4 is 5.32 Å². The molecule has 4 nitrogen and oxygen atoms in total. The highest BCUT2D eigenvalue weighted by molar-refractivity contribution is 7.98. The number of benzene rings is 1. The predicted molar refractivity (Wildman–Crippen MR) is 94.7 cm³/mol. The van der Waals surface area contributed by atoms with E-state index in [0.717, 1.165) is 0 Å². The highest BCUT2D eigenvalue weighted by atomic mass is 32.2. The summed E-state index contributed by atoms with van der Waals surface area (Å²) in [5.41, 5.74) is 1.06. The van der Waals surface area contributed by atoms with Crippen LogP contribution in [0.15, 0.2) is 52.5 Å². The van der Waals surface area contributed by atoms with E-state index in [9.17, 15) is 9.18 Å². The molecule has 124 valence electrons. The molecule has 0 saturated heterocycles. The number of carbonyl (C=O) groups excluding carboxylic acids is 1. The van der Waals surface area contributed by atoms with Crippen molar-refractivity contribution in [3.63, 3.8) is 0 Å². The van der Waals surface area contributed by atoms with E-state index >= 15 is 0 Å². The van der Waals surface area contributed by atoms with Crippen molar-refractivity contribution in [2.75, 3.05) is 12.3 Å². The lowest BCUT2D eigenvalue weighted by Crippen LogP contribution is -2.26. The van der Waals surface area contributed by atoms with Crippen molar-refractivity contribution in [3.8, 4) is 10.8 Å². The molecule has 0 aliphatic carbocycles. The first kappa shape index (κ1) is 16.7. The van der Waals surface area contributed by atoms with Gasteiger partial charge < -0.3 is 9.73 Å². The van der Waals surface area contributed by atoms with Gasteiger partial charge in [-0.25, -0.2) is 9.37 Å². The molecular formula is C17H15FN2O2S2. The number of aromatic nitrogens is 1. The van der Waals surface area contributed by atoms with E-state index in [2.05, 4.69) is 10.3 Å². The Labute approximate surface area is 147 Å². The number of hydrogen-bond donors (Lipinski definition) is 1. The first-order chi connectivity index (χ1) is 11.7. The molecule has 0 fully saturated rings. The summed E-state index contributed by atoms with van der Waals surface area (Å²) in [5.74, 6) is 1.54. The number of nitrogens with one attached hydrogen (secondary N) is 1. The molecule has 7 heteroatoms. The molecule has 0 atom stereocenters. The van der Waals surface area contributed by atoms with E-state index in [4.69, 9.17) is 4.42 Å². The summed E-state index contributed by atoms with van der Waals surface area (Å²) in [6.45, 7) is 0.506. The van der Waals surface area contributed by atoms with Crippen LogP contribution in [0.2, 0.25) is 0 Å². The Morgan fingerprint density at radius 1 is 1.29 bits per heavy atom. The zero-order chi connectivity index (χ0) is 16.8. The van der Waals surface area contributed by atoms with E-state index in [0.29, 0.717) is 40.1 Å². The zero-order valence-corrected chi connectivity index (χ0v) is 14.3. The van der Waals surface area contributed by atoms with Gasteiger partial charge in [0.1, 0.15) is 11.5 Å². The minimum Gasteiger partial charge on any atom is -0.462 e. The molecule has 0 unspecified atom stereocenters. The van der Waals surface area contributed by atoms with Gasteiger partial charge in [-0.2, -0.15) is 11.8 Å². The number of rotatable bonds is 7. The summed E-state index contributed by atoms with van der Waals surface area (Å²) in [6.07, 6.45) is 1.57.